The first-order chi connectivity index (χ1) is 15.2. The predicted octanol–water partition coefficient (Wildman–Crippen LogP) is 0.802. The smallest absolute Gasteiger partial charge is 0.335 e. The fourth-order valence-corrected chi connectivity index (χ4v) is 3.63. The summed E-state index contributed by atoms with van der Waals surface area (Å²) in [6, 6.07) is -1.09. The molecule has 1 aliphatic rings. The van der Waals surface area contributed by atoms with Crippen molar-refractivity contribution in [3.63, 3.8) is 0 Å². The highest BCUT2D eigenvalue weighted by atomic mass is 32.2. The summed E-state index contributed by atoms with van der Waals surface area (Å²) in [5.74, 6) is -1.80. The maximum atomic E-state index is 12.8. The normalized spacial score (nSPS) is 14.6. The summed E-state index contributed by atoms with van der Waals surface area (Å²) in [6.45, 7) is 1.17. The molecule has 1 N–H and O–H groups in total. The molecule has 11 heteroatoms. The van der Waals surface area contributed by atoms with Gasteiger partial charge in [0.1, 0.15) is 6.04 Å². The standard InChI is InChI=1S/C21H36N4O6S/c1-23(2)13-8-12-22-21(30)16(24(3)17(26)9-6-5-7-14-32-4)15-20(29)31-25-18(27)10-11-19(25)28/h16H,5-15H2,1-4H3,(H,22,30)/t16-/m0/s1. The van der Waals surface area contributed by atoms with Crippen LogP contribution in [0.5, 0.6) is 0 Å². The molecule has 1 heterocycles. The van der Waals surface area contributed by atoms with E-state index in [-0.39, 0.29) is 25.2 Å². The number of carbonyl (C=O) groups excluding carboxylic acids is 5. The number of likely N-dealkylation sites (N-methyl/N-ethyl adjacent to an activating group) is 1. The van der Waals surface area contributed by atoms with E-state index in [0.29, 0.717) is 24.4 Å². The highest BCUT2D eigenvalue weighted by Gasteiger charge is 2.35. The Bertz CT molecular complexity index is 657. The van der Waals surface area contributed by atoms with Gasteiger partial charge in [0.25, 0.3) is 11.8 Å². The first-order valence-corrected chi connectivity index (χ1v) is 12.3. The molecule has 0 saturated carbocycles. The number of hydroxylamine groups is 2. The molecule has 0 aliphatic carbocycles. The summed E-state index contributed by atoms with van der Waals surface area (Å²) in [4.78, 5) is 69.3. The molecule has 4 amide bonds. The minimum Gasteiger partial charge on any atom is -0.354 e. The molecular formula is C21H36N4O6S. The van der Waals surface area contributed by atoms with Gasteiger partial charge in [-0.2, -0.15) is 11.8 Å². The average Bonchev–Trinajstić information content (AvgIpc) is 3.06. The van der Waals surface area contributed by atoms with E-state index in [1.165, 1.54) is 11.9 Å². The first kappa shape index (κ1) is 27.9. The number of imide groups is 1. The Balaban J connectivity index is 2.72. The van der Waals surface area contributed by atoms with Crippen LogP contribution in [0, 0.1) is 0 Å². The average molecular weight is 473 g/mol. The van der Waals surface area contributed by atoms with Crippen molar-refractivity contribution in [2.24, 2.45) is 0 Å². The number of amides is 4. The monoisotopic (exact) mass is 472 g/mol. The number of thioether (sulfide) groups is 1. The lowest BCUT2D eigenvalue weighted by atomic mass is 10.1. The van der Waals surface area contributed by atoms with Gasteiger partial charge in [-0.15, -0.1) is 5.06 Å². The molecule has 0 radical (unpaired) electrons. The van der Waals surface area contributed by atoms with Crippen LogP contribution in [0.15, 0.2) is 0 Å². The van der Waals surface area contributed by atoms with Crippen LogP contribution in [0.4, 0.5) is 0 Å². The van der Waals surface area contributed by atoms with Crippen molar-refractivity contribution >= 4 is 41.4 Å². The largest absolute Gasteiger partial charge is 0.354 e. The van der Waals surface area contributed by atoms with Crippen molar-refractivity contribution in [3.8, 4) is 0 Å². The molecule has 1 rings (SSSR count). The Morgan fingerprint density at radius 1 is 1.06 bits per heavy atom. The zero-order valence-corrected chi connectivity index (χ0v) is 20.4. The van der Waals surface area contributed by atoms with Crippen LogP contribution in [-0.4, -0.2) is 96.7 Å². The number of hydrogen-bond acceptors (Lipinski definition) is 8. The van der Waals surface area contributed by atoms with Gasteiger partial charge in [-0.05, 0) is 51.9 Å². The van der Waals surface area contributed by atoms with Crippen LogP contribution in [0.2, 0.25) is 0 Å². The van der Waals surface area contributed by atoms with Crippen LogP contribution in [0.25, 0.3) is 0 Å². The molecule has 0 bridgehead atoms. The van der Waals surface area contributed by atoms with Gasteiger partial charge < -0.3 is 20.0 Å². The molecular weight excluding hydrogens is 436 g/mol. The minimum atomic E-state index is -1.09. The lowest BCUT2D eigenvalue weighted by Crippen LogP contribution is -2.49. The minimum absolute atomic E-state index is 0.0170. The topological polar surface area (TPSA) is 116 Å². The number of hydrogen-bond donors (Lipinski definition) is 1. The predicted molar refractivity (Wildman–Crippen MR) is 121 cm³/mol. The number of nitrogens with one attached hydrogen (secondary N) is 1. The molecule has 1 fully saturated rings. The number of nitrogens with zero attached hydrogens (tertiary/aromatic N) is 3. The Kier molecular flexibility index (Phi) is 12.9. The van der Waals surface area contributed by atoms with Crippen molar-refractivity contribution < 1.29 is 28.8 Å². The second-order valence-electron chi connectivity index (χ2n) is 8.02. The van der Waals surface area contributed by atoms with Crippen LogP contribution in [0.1, 0.15) is 51.4 Å². The molecule has 0 spiro atoms. The van der Waals surface area contributed by atoms with Crippen molar-refractivity contribution in [2.45, 2.75) is 57.4 Å². The van der Waals surface area contributed by atoms with E-state index in [1.54, 1.807) is 11.8 Å². The summed E-state index contributed by atoms with van der Waals surface area (Å²) in [6.07, 6.45) is 5.14. The molecule has 182 valence electrons. The Labute approximate surface area is 194 Å². The molecule has 10 nitrogen and oxygen atoms in total. The number of rotatable bonds is 15. The van der Waals surface area contributed by atoms with Crippen molar-refractivity contribution in [3.05, 3.63) is 0 Å². The maximum Gasteiger partial charge on any atom is 0.335 e. The Morgan fingerprint density at radius 3 is 2.31 bits per heavy atom. The van der Waals surface area contributed by atoms with Gasteiger partial charge in [0, 0.05) is 32.9 Å². The molecule has 1 aliphatic heterocycles. The van der Waals surface area contributed by atoms with E-state index >= 15 is 0 Å². The van der Waals surface area contributed by atoms with Gasteiger partial charge in [-0.1, -0.05) is 6.42 Å². The van der Waals surface area contributed by atoms with Gasteiger partial charge in [0.15, 0.2) is 0 Å². The van der Waals surface area contributed by atoms with E-state index in [0.717, 1.165) is 25.1 Å². The summed E-state index contributed by atoms with van der Waals surface area (Å²) in [7, 11) is 5.33. The third kappa shape index (κ3) is 9.99. The summed E-state index contributed by atoms with van der Waals surface area (Å²) in [5.41, 5.74) is 0. The molecule has 0 aromatic carbocycles. The lowest BCUT2D eigenvalue weighted by molar-refractivity contribution is -0.198. The fraction of sp³-hybridized carbons (Fsp3) is 0.762. The highest BCUT2D eigenvalue weighted by Crippen LogP contribution is 2.15. The van der Waals surface area contributed by atoms with E-state index < -0.39 is 36.2 Å². The maximum absolute atomic E-state index is 12.8. The van der Waals surface area contributed by atoms with Crippen LogP contribution < -0.4 is 5.32 Å². The quantitative estimate of drug-likeness (QED) is 0.275. The molecule has 0 unspecified atom stereocenters. The SMILES string of the molecule is CSCCCCCC(=O)N(C)[C@@H](CC(=O)ON1C(=O)CCC1=O)C(=O)NCCCN(C)C. The molecule has 32 heavy (non-hydrogen) atoms. The molecule has 0 aromatic rings. The lowest BCUT2D eigenvalue weighted by Gasteiger charge is -2.27. The zero-order valence-electron chi connectivity index (χ0n) is 19.6. The van der Waals surface area contributed by atoms with Crippen molar-refractivity contribution in [1.29, 1.82) is 0 Å². The van der Waals surface area contributed by atoms with E-state index in [9.17, 15) is 24.0 Å². The van der Waals surface area contributed by atoms with Gasteiger partial charge in [0.05, 0.1) is 6.42 Å². The van der Waals surface area contributed by atoms with E-state index in [2.05, 4.69) is 5.32 Å². The highest BCUT2D eigenvalue weighted by molar-refractivity contribution is 7.98. The summed E-state index contributed by atoms with van der Waals surface area (Å²) in [5, 5.41) is 3.20. The molecule has 1 saturated heterocycles. The third-order valence-corrected chi connectivity index (χ3v) is 5.74. The van der Waals surface area contributed by atoms with Crippen molar-refractivity contribution in [1.82, 2.24) is 20.2 Å². The molecule has 1 atom stereocenters. The second-order valence-corrected chi connectivity index (χ2v) is 9.01. The Hall–Kier alpha value is -2.14. The van der Waals surface area contributed by atoms with Gasteiger partial charge in [-0.3, -0.25) is 19.2 Å². The van der Waals surface area contributed by atoms with Crippen LogP contribution in [0.3, 0.4) is 0 Å². The summed E-state index contributed by atoms with van der Waals surface area (Å²) < 4.78 is 0. The number of unbranched alkanes of at least 4 members (excludes halogenated alkanes) is 2. The van der Waals surface area contributed by atoms with E-state index in [4.69, 9.17) is 4.84 Å². The first-order valence-electron chi connectivity index (χ1n) is 10.9. The van der Waals surface area contributed by atoms with Gasteiger partial charge >= 0.3 is 5.97 Å². The number of carbonyl (C=O) groups is 5. The van der Waals surface area contributed by atoms with Gasteiger partial charge in [-0.25, -0.2) is 4.79 Å². The Morgan fingerprint density at radius 2 is 1.72 bits per heavy atom. The third-order valence-electron chi connectivity index (χ3n) is 5.04. The van der Waals surface area contributed by atoms with Gasteiger partial charge in [0.2, 0.25) is 11.8 Å². The second kappa shape index (κ2) is 14.8. The van der Waals surface area contributed by atoms with Crippen LogP contribution in [-0.2, 0) is 28.8 Å². The summed E-state index contributed by atoms with van der Waals surface area (Å²) >= 11 is 1.75. The zero-order chi connectivity index (χ0) is 24.1. The van der Waals surface area contributed by atoms with E-state index in [1.807, 2.05) is 25.3 Å². The van der Waals surface area contributed by atoms with Crippen LogP contribution >= 0.6 is 11.8 Å². The fourth-order valence-electron chi connectivity index (χ4n) is 3.13. The van der Waals surface area contributed by atoms with Crippen molar-refractivity contribution in [2.75, 3.05) is 46.2 Å². The molecule has 0 aromatic heterocycles.